The average Bonchev–Trinajstić information content (AvgIpc) is 2.89. The maximum atomic E-state index is 9.01. The van der Waals surface area contributed by atoms with Crippen LogP contribution in [0.3, 0.4) is 0 Å². The Morgan fingerprint density at radius 3 is 2.70 bits per heavy atom. The largest absolute Gasteiger partial charge is 0.496 e. The molecule has 1 aromatic heterocycles. The van der Waals surface area contributed by atoms with Gasteiger partial charge < -0.3 is 4.74 Å². The van der Waals surface area contributed by atoms with Crippen molar-refractivity contribution in [1.29, 1.82) is 5.26 Å². The first-order chi connectivity index (χ1) is 9.71. The van der Waals surface area contributed by atoms with Gasteiger partial charge in [-0.15, -0.1) is 0 Å². The minimum atomic E-state index is 0.564. The predicted molar refractivity (Wildman–Crippen MR) is 75.6 cm³/mol. The molecule has 0 radical (unpaired) electrons. The molecule has 0 unspecified atom stereocenters. The van der Waals surface area contributed by atoms with E-state index < -0.39 is 0 Å². The summed E-state index contributed by atoms with van der Waals surface area (Å²) in [6.07, 6.45) is 1.64. The van der Waals surface area contributed by atoms with Crippen molar-refractivity contribution in [2.24, 2.45) is 0 Å². The molecule has 0 atom stereocenters. The van der Waals surface area contributed by atoms with Crippen molar-refractivity contribution in [3.05, 3.63) is 41.0 Å². The van der Waals surface area contributed by atoms with E-state index in [1.165, 1.54) is 0 Å². The van der Waals surface area contributed by atoms with Crippen molar-refractivity contribution in [3.63, 3.8) is 0 Å². The van der Waals surface area contributed by atoms with Gasteiger partial charge in [0.1, 0.15) is 11.6 Å². The van der Waals surface area contributed by atoms with Gasteiger partial charge in [0, 0.05) is 18.4 Å². The summed E-state index contributed by atoms with van der Waals surface area (Å²) in [6, 6.07) is 7.56. The Balaban J connectivity index is 2.38. The minimum absolute atomic E-state index is 0.564. The molecule has 104 valence electrons. The second-order valence-corrected chi connectivity index (χ2v) is 4.45. The molecule has 5 nitrogen and oxygen atoms in total. The number of nitriles is 1. The van der Waals surface area contributed by atoms with Gasteiger partial charge in [0.05, 0.1) is 25.3 Å². The molecule has 0 fully saturated rings. The van der Waals surface area contributed by atoms with E-state index in [-0.39, 0.29) is 0 Å². The van der Waals surface area contributed by atoms with Crippen LogP contribution in [0.25, 0.3) is 0 Å². The highest BCUT2D eigenvalue weighted by Crippen LogP contribution is 2.21. The predicted octanol–water partition coefficient (Wildman–Crippen LogP) is 2.33. The molecule has 0 aliphatic carbocycles. The van der Waals surface area contributed by atoms with Gasteiger partial charge in [-0.25, -0.2) is 9.67 Å². The fraction of sp³-hybridized carbons (Fsp3) is 0.400. The van der Waals surface area contributed by atoms with Gasteiger partial charge in [0.15, 0.2) is 5.82 Å². The lowest BCUT2D eigenvalue weighted by molar-refractivity contribution is 0.407. The fourth-order valence-electron chi connectivity index (χ4n) is 2.10. The Labute approximate surface area is 118 Å². The van der Waals surface area contributed by atoms with E-state index in [1.54, 1.807) is 13.2 Å². The van der Waals surface area contributed by atoms with Crippen LogP contribution in [0.1, 0.15) is 36.6 Å². The standard InChI is InChI=1S/C15H18N4O/c1-4-14-17-15(5-2)19(18-14)10-12-8-11(9-16)6-7-13(12)20-3/h6-8H,4-5,10H2,1-3H3. The number of methoxy groups -OCH3 is 1. The van der Waals surface area contributed by atoms with E-state index in [1.807, 2.05) is 23.7 Å². The monoisotopic (exact) mass is 270 g/mol. The van der Waals surface area contributed by atoms with Gasteiger partial charge in [0.25, 0.3) is 0 Å². The van der Waals surface area contributed by atoms with E-state index in [0.717, 1.165) is 35.8 Å². The number of hydrogen-bond acceptors (Lipinski definition) is 4. The molecule has 0 aliphatic heterocycles. The van der Waals surface area contributed by atoms with Crippen molar-refractivity contribution in [2.45, 2.75) is 33.2 Å². The molecule has 0 aliphatic rings. The Morgan fingerprint density at radius 2 is 2.10 bits per heavy atom. The van der Waals surface area contributed by atoms with Crippen molar-refractivity contribution in [2.75, 3.05) is 7.11 Å². The SMILES string of the molecule is CCc1nc(CC)n(Cc2cc(C#N)ccc2OC)n1. The van der Waals surface area contributed by atoms with E-state index in [0.29, 0.717) is 12.1 Å². The molecule has 1 heterocycles. The molecule has 20 heavy (non-hydrogen) atoms. The lowest BCUT2D eigenvalue weighted by atomic mass is 10.1. The van der Waals surface area contributed by atoms with Gasteiger partial charge in [-0.1, -0.05) is 13.8 Å². The first-order valence-corrected chi connectivity index (χ1v) is 6.71. The third-order valence-corrected chi connectivity index (χ3v) is 3.15. The van der Waals surface area contributed by atoms with Crippen LogP contribution in [0.2, 0.25) is 0 Å². The third kappa shape index (κ3) is 2.80. The maximum absolute atomic E-state index is 9.01. The smallest absolute Gasteiger partial charge is 0.150 e. The molecule has 2 aromatic rings. The summed E-state index contributed by atoms with van der Waals surface area (Å²) in [6.45, 7) is 4.66. The highest BCUT2D eigenvalue weighted by molar-refractivity contribution is 5.42. The summed E-state index contributed by atoms with van der Waals surface area (Å²) in [5.74, 6) is 2.56. The van der Waals surface area contributed by atoms with Crippen LogP contribution in [-0.4, -0.2) is 21.9 Å². The Morgan fingerprint density at radius 1 is 1.30 bits per heavy atom. The van der Waals surface area contributed by atoms with E-state index in [2.05, 4.69) is 23.1 Å². The van der Waals surface area contributed by atoms with Crippen LogP contribution in [0.5, 0.6) is 5.75 Å². The van der Waals surface area contributed by atoms with Crippen LogP contribution in [-0.2, 0) is 19.4 Å². The zero-order chi connectivity index (χ0) is 14.5. The first kappa shape index (κ1) is 14.1. The zero-order valence-electron chi connectivity index (χ0n) is 12.1. The molecule has 0 amide bonds. The maximum Gasteiger partial charge on any atom is 0.150 e. The minimum Gasteiger partial charge on any atom is -0.496 e. The van der Waals surface area contributed by atoms with E-state index in [9.17, 15) is 0 Å². The number of aryl methyl sites for hydroxylation is 2. The molecular formula is C15H18N4O. The number of nitrogens with zero attached hydrogens (tertiary/aromatic N) is 4. The number of ether oxygens (including phenoxy) is 1. The van der Waals surface area contributed by atoms with Gasteiger partial charge >= 0.3 is 0 Å². The van der Waals surface area contributed by atoms with Gasteiger partial charge in [-0.05, 0) is 18.2 Å². The summed E-state index contributed by atoms with van der Waals surface area (Å²) in [5.41, 5.74) is 1.56. The van der Waals surface area contributed by atoms with E-state index >= 15 is 0 Å². The first-order valence-electron chi connectivity index (χ1n) is 6.71. The lowest BCUT2D eigenvalue weighted by Gasteiger charge is -2.10. The van der Waals surface area contributed by atoms with Crippen LogP contribution < -0.4 is 4.74 Å². The fourth-order valence-corrected chi connectivity index (χ4v) is 2.10. The molecule has 1 aromatic carbocycles. The second kappa shape index (κ2) is 6.20. The van der Waals surface area contributed by atoms with Crippen molar-refractivity contribution >= 4 is 0 Å². The highest BCUT2D eigenvalue weighted by atomic mass is 16.5. The van der Waals surface area contributed by atoms with Crippen LogP contribution in [0, 0.1) is 11.3 Å². The number of aromatic nitrogens is 3. The van der Waals surface area contributed by atoms with Gasteiger partial charge in [-0.3, -0.25) is 0 Å². The highest BCUT2D eigenvalue weighted by Gasteiger charge is 2.11. The van der Waals surface area contributed by atoms with Crippen LogP contribution >= 0.6 is 0 Å². The summed E-state index contributed by atoms with van der Waals surface area (Å²) < 4.78 is 7.24. The molecule has 0 N–H and O–H groups in total. The van der Waals surface area contributed by atoms with Gasteiger partial charge in [-0.2, -0.15) is 10.4 Å². The quantitative estimate of drug-likeness (QED) is 0.836. The molecule has 0 bridgehead atoms. The van der Waals surface area contributed by atoms with Crippen LogP contribution in [0.15, 0.2) is 18.2 Å². The van der Waals surface area contributed by atoms with Crippen molar-refractivity contribution in [1.82, 2.24) is 14.8 Å². The topological polar surface area (TPSA) is 63.7 Å². The van der Waals surface area contributed by atoms with Crippen molar-refractivity contribution in [3.8, 4) is 11.8 Å². The molecule has 2 rings (SSSR count). The summed E-state index contributed by atoms with van der Waals surface area (Å²) in [5, 5.41) is 13.5. The Hall–Kier alpha value is -2.35. The Bertz CT molecular complexity index is 640. The van der Waals surface area contributed by atoms with Crippen molar-refractivity contribution < 1.29 is 4.74 Å². The number of hydrogen-bond donors (Lipinski definition) is 0. The number of rotatable bonds is 5. The summed E-state index contributed by atoms with van der Waals surface area (Å²) >= 11 is 0. The molecular weight excluding hydrogens is 252 g/mol. The van der Waals surface area contributed by atoms with Gasteiger partial charge in [0.2, 0.25) is 0 Å². The summed E-state index contributed by atoms with van der Waals surface area (Å²) in [4.78, 5) is 4.49. The average molecular weight is 270 g/mol. The Kier molecular flexibility index (Phi) is 4.36. The molecule has 0 saturated carbocycles. The molecule has 0 spiro atoms. The van der Waals surface area contributed by atoms with E-state index in [4.69, 9.17) is 10.00 Å². The summed E-state index contributed by atoms with van der Waals surface area (Å²) in [7, 11) is 1.63. The second-order valence-electron chi connectivity index (χ2n) is 4.45. The molecule has 0 saturated heterocycles. The number of benzene rings is 1. The van der Waals surface area contributed by atoms with Crippen LogP contribution in [0.4, 0.5) is 0 Å². The lowest BCUT2D eigenvalue weighted by Crippen LogP contribution is -2.08. The third-order valence-electron chi connectivity index (χ3n) is 3.15. The zero-order valence-corrected chi connectivity index (χ0v) is 12.1. The normalized spacial score (nSPS) is 10.3. The molecule has 5 heteroatoms.